The van der Waals surface area contributed by atoms with Gasteiger partial charge in [0.2, 0.25) is 0 Å². The number of rotatable bonds is 8. The van der Waals surface area contributed by atoms with Gasteiger partial charge in [-0.2, -0.15) is 0 Å². The van der Waals surface area contributed by atoms with Gasteiger partial charge in [0.25, 0.3) is 0 Å². The van der Waals surface area contributed by atoms with Crippen LogP contribution in [0.5, 0.6) is 0 Å². The molecule has 0 aromatic carbocycles. The number of carboxylic acid groups (broad SMARTS) is 2. The Labute approximate surface area is 148 Å². The predicted molar refractivity (Wildman–Crippen MR) is 77.3 cm³/mol. The van der Waals surface area contributed by atoms with E-state index in [0.717, 1.165) is 0 Å². The van der Waals surface area contributed by atoms with Crippen LogP contribution < -0.4 is 10.2 Å². The number of aliphatic carboxylic acids is 2. The maximum atomic E-state index is 11.1. The van der Waals surface area contributed by atoms with E-state index < -0.39 is 23.8 Å². The fourth-order valence-electron chi connectivity index (χ4n) is 1.77. The van der Waals surface area contributed by atoms with E-state index in [2.05, 4.69) is 0 Å². The smallest absolute Gasteiger partial charge is 0.549 e. The largest absolute Gasteiger partial charge is 2.00 e. The molecule has 2 atom stereocenters. The molecule has 0 bridgehead atoms. The Morgan fingerprint density at radius 3 is 0.957 bits per heavy atom. The number of hydrogen-bond acceptors (Lipinski definition) is 6. The molecule has 0 N–H and O–H groups in total. The monoisotopic (exact) mass is 377 g/mol. The number of hydrogen-bond donors (Lipinski definition) is 0. The topological polar surface area (TPSA) is 114 Å². The summed E-state index contributed by atoms with van der Waals surface area (Å²) in [6.45, 7) is 10.1. The fourth-order valence-corrected chi connectivity index (χ4v) is 1.77. The van der Waals surface area contributed by atoms with Gasteiger partial charge in [-0.05, 0) is 12.8 Å². The molecule has 6 nitrogen and oxygen atoms in total. The van der Waals surface area contributed by atoms with Gasteiger partial charge in [0.05, 0.1) is 23.8 Å². The SMILES string of the molecule is CCC(C(=O)[O-])C(=O)C(C)C.CCC(C(=O)[O-])C(=O)C(C)C.[Cu+2]. The van der Waals surface area contributed by atoms with Crippen LogP contribution in [0.1, 0.15) is 54.4 Å². The van der Waals surface area contributed by atoms with E-state index >= 15 is 0 Å². The van der Waals surface area contributed by atoms with Gasteiger partial charge in [0.1, 0.15) is 11.6 Å². The Kier molecular flexibility index (Phi) is 15.4. The number of carbonyl (C=O) groups is 4. The molecule has 0 amide bonds. The van der Waals surface area contributed by atoms with Crippen LogP contribution in [0, 0.1) is 23.7 Å². The van der Waals surface area contributed by atoms with Gasteiger partial charge < -0.3 is 19.8 Å². The summed E-state index contributed by atoms with van der Waals surface area (Å²) in [5.41, 5.74) is 0. The molecule has 137 valence electrons. The number of Topliss-reactive ketones (excluding diaryl/α,β-unsaturated/α-hetero) is 2. The van der Waals surface area contributed by atoms with Gasteiger partial charge in [-0.25, -0.2) is 0 Å². The molecule has 0 rings (SSSR count). The Morgan fingerprint density at radius 2 is 0.913 bits per heavy atom. The van der Waals surface area contributed by atoms with Crippen molar-refractivity contribution in [2.24, 2.45) is 23.7 Å². The first-order chi connectivity index (χ1) is 10.0. The zero-order chi connectivity index (χ0) is 18.0. The summed E-state index contributed by atoms with van der Waals surface area (Å²) in [4.78, 5) is 42.9. The molecule has 0 aliphatic rings. The second kappa shape index (κ2) is 13.3. The molecule has 0 fully saturated rings. The molecular weight excluding hydrogens is 352 g/mol. The van der Waals surface area contributed by atoms with E-state index in [0.29, 0.717) is 12.8 Å². The van der Waals surface area contributed by atoms with Crippen molar-refractivity contribution in [1.29, 1.82) is 0 Å². The standard InChI is InChI=1S/2C8H14O3.Cu/c2*1-4-6(8(10)11)7(9)5(2)3;/h2*5-6H,4H2,1-3H3,(H,10,11);/q;;+2/p-2. The van der Waals surface area contributed by atoms with Gasteiger partial charge in [-0.3, -0.25) is 9.59 Å². The van der Waals surface area contributed by atoms with Crippen LogP contribution in [0.2, 0.25) is 0 Å². The maximum absolute atomic E-state index is 11.1. The Morgan fingerprint density at radius 1 is 0.696 bits per heavy atom. The number of ketones is 2. The molecular formula is C16H26CuO6. The van der Waals surface area contributed by atoms with Gasteiger partial charge in [0.15, 0.2) is 0 Å². The minimum absolute atomic E-state index is 0. The average molecular weight is 378 g/mol. The van der Waals surface area contributed by atoms with E-state index in [4.69, 9.17) is 0 Å². The minimum Gasteiger partial charge on any atom is -0.549 e. The van der Waals surface area contributed by atoms with E-state index in [1.807, 2.05) is 0 Å². The second-order valence-corrected chi connectivity index (χ2v) is 5.67. The molecule has 0 aromatic heterocycles. The summed E-state index contributed by atoms with van der Waals surface area (Å²) >= 11 is 0. The van der Waals surface area contributed by atoms with Crippen LogP contribution in [-0.4, -0.2) is 23.5 Å². The van der Waals surface area contributed by atoms with Crippen molar-refractivity contribution >= 4 is 23.5 Å². The second-order valence-electron chi connectivity index (χ2n) is 5.67. The summed E-state index contributed by atoms with van der Waals surface area (Å²) in [5.74, 6) is -5.29. The van der Waals surface area contributed by atoms with E-state index in [9.17, 15) is 29.4 Å². The summed E-state index contributed by atoms with van der Waals surface area (Å²) < 4.78 is 0. The number of carboxylic acids is 2. The summed E-state index contributed by atoms with van der Waals surface area (Å²) in [5, 5.41) is 20.7. The van der Waals surface area contributed by atoms with Crippen molar-refractivity contribution in [1.82, 2.24) is 0 Å². The molecule has 0 heterocycles. The average Bonchev–Trinajstić information content (AvgIpc) is 2.39. The third kappa shape index (κ3) is 10.2. The fraction of sp³-hybridized carbons (Fsp3) is 0.750. The first-order valence-corrected chi connectivity index (χ1v) is 7.50. The van der Waals surface area contributed by atoms with Gasteiger partial charge >= 0.3 is 17.1 Å². The van der Waals surface area contributed by atoms with Crippen LogP contribution in [0.15, 0.2) is 0 Å². The first-order valence-electron chi connectivity index (χ1n) is 7.50. The van der Waals surface area contributed by atoms with E-state index in [-0.39, 0.29) is 40.5 Å². The van der Waals surface area contributed by atoms with Crippen molar-refractivity contribution in [2.45, 2.75) is 54.4 Å². The Balaban J connectivity index is -0.000000333. The van der Waals surface area contributed by atoms with Crippen molar-refractivity contribution in [2.75, 3.05) is 0 Å². The van der Waals surface area contributed by atoms with E-state index in [1.165, 1.54) is 0 Å². The number of carbonyl (C=O) groups excluding carboxylic acids is 4. The quantitative estimate of drug-likeness (QED) is 0.433. The molecule has 0 aliphatic carbocycles. The molecule has 0 aromatic rings. The van der Waals surface area contributed by atoms with Gasteiger partial charge in [-0.15, -0.1) is 0 Å². The van der Waals surface area contributed by atoms with Crippen LogP contribution in [0.25, 0.3) is 0 Å². The van der Waals surface area contributed by atoms with Crippen molar-refractivity contribution < 1.29 is 46.5 Å². The Hall–Kier alpha value is -1.20. The molecule has 0 saturated carbocycles. The van der Waals surface area contributed by atoms with Crippen LogP contribution in [0.3, 0.4) is 0 Å². The molecule has 23 heavy (non-hydrogen) atoms. The van der Waals surface area contributed by atoms with Gasteiger partial charge in [-0.1, -0.05) is 41.5 Å². The van der Waals surface area contributed by atoms with Crippen molar-refractivity contribution in [3.05, 3.63) is 0 Å². The molecule has 1 radical (unpaired) electrons. The summed E-state index contributed by atoms with van der Waals surface area (Å²) in [7, 11) is 0. The molecule has 0 aliphatic heterocycles. The summed E-state index contributed by atoms with van der Waals surface area (Å²) in [6.07, 6.45) is 0.638. The zero-order valence-electron chi connectivity index (χ0n) is 14.5. The normalized spacial score (nSPS) is 12.5. The minimum atomic E-state index is -1.26. The maximum Gasteiger partial charge on any atom is 2.00 e. The van der Waals surface area contributed by atoms with Crippen LogP contribution >= 0.6 is 0 Å². The van der Waals surface area contributed by atoms with Crippen LogP contribution in [-0.2, 0) is 36.2 Å². The molecule has 2 unspecified atom stereocenters. The van der Waals surface area contributed by atoms with E-state index in [1.54, 1.807) is 41.5 Å². The predicted octanol–water partition coefficient (Wildman–Crippen LogP) is -0.0273. The molecule has 0 spiro atoms. The van der Waals surface area contributed by atoms with Gasteiger partial charge in [0, 0.05) is 11.8 Å². The Bertz CT molecular complexity index is 365. The molecule has 7 heteroatoms. The zero-order valence-corrected chi connectivity index (χ0v) is 15.4. The van der Waals surface area contributed by atoms with Crippen molar-refractivity contribution in [3.8, 4) is 0 Å². The first kappa shape index (κ1) is 26.7. The summed E-state index contributed by atoms with van der Waals surface area (Å²) in [6, 6.07) is 0. The van der Waals surface area contributed by atoms with Crippen LogP contribution in [0.4, 0.5) is 0 Å². The third-order valence-electron chi connectivity index (χ3n) is 3.21. The van der Waals surface area contributed by atoms with Crippen molar-refractivity contribution in [3.63, 3.8) is 0 Å². The molecule has 0 saturated heterocycles. The third-order valence-corrected chi connectivity index (χ3v) is 3.21.